The quantitative estimate of drug-likeness (QED) is 0.832. The van der Waals surface area contributed by atoms with Crippen molar-refractivity contribution in [3.63, 3.8) is 0 Å². The maximum atomic E-state index is 11.9. The van der Waals surface area contributed by atoms with Crippen molar-refractivity contribution in [3.8, 4) is 5.75 Å². The van der Waals surface area contributed by atoms with Gasteiger partial charge in [0.2, 0.25) is 0 Å². The Morgan fingerprint density at radius 1 is 1.40 bits per heavy atom. The van der Waals surface area contributed by atoms with Crippen LogP contribution in [0.3, 0.4) is 0 Å². The van der Waals surface area contributed by atoms with E-state index in [0.717, 1.165) is 10.9 Å². The van der Waals surface area contributed by atoms with Crippen LogP contribution >= 0.6 is 15.9 Å². The van der Waals surface area contributed by atoms with Crippen molar-refractivity contribution in [2.45, 2.75) is 31.2 Å². The minimum Gasteiger partial charge on any atom is -0.484 e. The fourth-order valence-corrected chi connectivity index (χ4v) is 2.65. The van der Waals surface area contributed by atoms with Crippen molar-refractivity contribution >= 4 is 27.8 Å². The lowest BCUT2D eigenvalue weighted by Gasteiger charge is -2.41. The van der Waals surface area contributed by atoms with Gasteiger partial charge in [0.1, 0.15) is 5.75 Å². The zero-order valence-electron chi connectivity index (χ0n) is 10.9. The molecule has 0 bridgehead atoms. The van der Waals surface area contributed by atoms with Crippen LogP contribution < -0.4 is 10.1 Å². The molecule has 0 saturated heterocycles. The third kappa shape index (κ3) is 3.96. The molecule has 1 aromatic rings. The number of hydrogen-bond donors (Lipinski definition) is 2. The van der Waals surface area contributed by atoms with Crippen molar-refractivity contribution in [1.82, 2.24) is 5.32 Å². The van der Waals surface area contributed by atoms with Crippen LogP contribution in [-0.2, 0) is 9.59 Å². The summed E-state index contributed by atoms with van der Waals surface area (Å²) in [5.74, 6) is -0.584. The normalized spacial score (nSPS) is 16.1. The van der Waals surface area contributed by atoms with E-state index in [0.29, 0.717) is 18.6 Å². The molecule has 5 nitrogen and oxygen atoms in total. The summed E-state index contributed by atoms with van der Waals surface area (Å²) in [5, 5.41) is 11.7. The molecular weight excluding hydrogens is 326 g/mol. The van der Waals surface area contributed by atoms with Gasteiger partial charge in [0.25, 0.3) is 5.91 Å². The van der Waals surface area contributed by atoms with Gasteiger partial charge in [-0.05, 0) is 37.5 Å². The molecule has 0 radical (unpaired) electrons. The average Bonchev–Trinajstić information content (AvgIpc) is 2.33. The van der Waals surface area contributed by atoms with Gasteiger partial charge in [0.15, 0.2) is 6.61 Å². The number of carboxylic acids is 1. The predicted octanol–water partition coefficient (Wildman–Crippen LogP) is 2.34. The molecule has 1 aliphatic rings. The zero-order chi connectivity index (χ0) is 14.6. The first-order valence-electron chi connectivity index (χ1n) is 6.40. The molecule has 6 heteroatoms. The molecule has 1 aliphatic carbocycles. The number of amides is 1. The highest BCUT2D eigenvalue weighted by molar-refractivity contribution is 9.10. The highest BCUT2D eigenvalue weighted by Gasteiger charge is 2.40. The number of hydrogen-bond acceptors (Lipinski definition) is 3. The maximum Gasteiger partial charge on any atom is 0.305 e. The molecule has 0 heterocycles. The maximum absolute atomic E-state index is 11.9. The van der Waals surface area contributed by atoms with Gasteiger partial charge in [-0.3, -0.25) is 9.59 Å². The Bertz CT molecular complexity index is 514. The van der Waals surface area contributed by atoms with E-state index in [1.165, 1.54) is 0 Å². The van der Waals surface area contributed by atoms with Crippen molar-refractivity contribution in [2.24, 2.45) is 0 Å². The van der Waals surface area contributed by atoms with Crippen LogP contribution in [0.25, 0.3) is 0 Å². The smallest absolute Gasteiger partial charge is 0.305 e. The van der Waals surface area contributed by atoms with E-state index in [1.54, 1.807) is 12.1 Å². The summed E-state index contributed by atoms with van der Waals surface area (Å²) in [6.45, 7) is -0.113. The first-order valence-corrected chi connectivity index (χ1v) is 7.20. The summed E-state index contributed by atoms with van der Waals surface area (Å²) < 4.78 is 6.25. The molecule has 0 aromatic heterocycles. The molecule has 0 aliphatic heterocycles. The van der Waals surface area contributed by atoms with Crippen molar-refractivity contribution in [1.29, 1.82) is 0 Å². The predicted molar refractivity (Wildman–Crippen MR) is 76.6 cm³/mol. The summed E-state index contributed by atoms with van der Waals surface area (Å²) in [6.07, 6.45) is 2.33. The van der Waals surface area contributed by atoms with Gasteiger partial charge in [0.05, 0.1) is 12.0 Å². The summed E-state index contributed by atoms with van der Waals surface area (Å²) in [5.41, 5.74) is -0.580. The van der Waals surface area contributed by atoms with Gasteiger partial charge in [0, 0.05) is 4.47 Å². The number of carboxylic acid groups (broad SMARTS) is 1. The molecule has 0 unspecified atom stereocenters. The number of benzene rings is 1. The summed E-state index contributed by atoms with van der Waals surface area (Å²) in [7, 11) is 0. The van der Waals surface area contributed by atoms with Crippen LogP contribution in [0.5, 0.6) is 5.75 Å². The number of carbonyl (C=O) groups excluding carboxylic acids is 1. The second kappa shape index (κ2) is 6.26. The number of aliphatic carboxylic acids is 1. The minimum atomic E-state index is -0.891. The lowest BCUT2D eigenvalue weighted by Crippen LogP contribution is -2.55. The van der Waals surface area contributed by atoms with E-state index < -0.39 is 11.5 Å². The third-order valence-corrected chi connectivity index (χ3v) is 3.86. The number of nitrogens with one attached hydrogen (secondary N) is 1. The minimum absolute atomic E-state index is 0.0321. The van der Waals surface area contributed by atoms with Crippen LogP contribution in [-0.4, -0.2) is 29.1 Å². The number of halogens is 1. The Hall–Kier alpha value is -1.56. The molecule has 108 valence electrons. The Kier molecular flexibility index (Phi) is 4.65. The van der Waals surface area contributed by atoms with E-state index in [1.807, 2.05) is 12.1 Å². The van der Waals surface area contributed by atoms with Gasteiger partial charge >= 0.3 is 5.97 Å². The van der Waals surface area contributed by atoms with Gasteiger partial charge in [-0.15, -0.1) is 0 Å². The van der Waals surface area contributed by atoms with E-state index in [9.17, 15) is 9.59 Å². The highest BCUT2D eigenvalue weighted by atomic mass is 79.9. The largest absolute Gasteiger partial charge is 0.484 e. The molecule has 1 aromatic carbocycles. The van der Waals surface area contributed by atoms with Crippen LogP contribution in [0.1, 0.15) is 25.7 Å². The van der Waals surface area contributed by atoms with Gasteiger partial charge in [-0.2, -0.15) is 0 Å². The molecular formula is C14H16BrNO4. The van der Waals surface area contributed by atoms with E-state index >= 15 is 0 Å². The Labute approximate surface area is 125 Å². The van der Waals surface area contributed by atoms with E-state index in [-0.39, 0.29) is 18.9 Å². The topological polar surface area (TPSA) is 75.6 Å². The molecule has 1 amide bonds. The van der Waals surface area contributed by atoms with Crippen LogP contribution in [0.15, 0.2) is 28.7 Å². The molecule has 1 fully saturated rings. The summed E-state index contributed by atoms with van der Waals surface area (Å²) in [4.78, 5) is 22.7. The second-order valence-electron chi connectivity index (χ2n) is 5.00. The van der Waals surface area contributed by atoms with Gasteiger partial charge in [-0.25, -0.2) is 0 Å². The number of rotatable bonds is 6. The second-order valence-corrected chi connectivity index (χ2v) is 5.91. The zero-order valence-corrected chi connectivity index (χ0v) is 12.5. The Morgan fingerprint density at radius 2 is 2.15 bits per heavy atom. The number of carbonyl (C=O) groups is 2. The fraction of sp³-hybridized carbons (Fsp3) is 0.429. The summed E-state index contributed by atoms with van der Waals surface area (Å²) in [6, 6.07) is 7.20. The molecule has 20 heavy (non-hydrogen) atoms. The molecule has 0 spiro atoms. The summed E-state index contributed by atoms with van der Waals surface area (Å²) >= 11 is 3.32. The first-order chi connectivity index (χ1) is 9.49. The van der Waals surface area contributed by atoms with Gasteiger partial charge in [-0.1, -0.05) is 22.0 Å². The van der Waals surface area contributed by atoms with Crippen molar-refractivity contribution in [3.05, 3.63) is 28.7 Å². The van der Waals surface area contributed by atoms with Crippen molar-refractivity contribution in [2.75, 3.05) is 6.61 Å². The standard InChI is InChI=1S/C14H16BrNO4/c15-10-3-1-4-11(7-10)20-9-12(17)16-14(5-2-6-14)8-13(18)19/h1,3-4,7H,2,5-6,8-9H2,(H,16,17)(H,18,19). The van der Waals surface area contributed by atoms with Gasteiger partial charge < -0.3 is 15.2 Å². The third-order valence-electron chi connectivity index (χ3n) is 3.37. The Morgan fingerprint density at radius 3 is 2.70 bits per heavy atom. The molecule has 2 N–H and O–H groups in total. The highest BCUT2D eigenvalue weighted by Crippen LogP contribution is 2.34. The first kappa shape index (κ1) is 14.8. The fourth-order valence-electron chi connectivity index (χ4n) is 2.28. The van der Waals surface area contributed by atoms with E-state index in [4.69, 9.17) is 9.84 Å². The van der Waals surface area contributed by atoms with E-state index in [2.05, 4.69) is 21.2 Å². The molecule has 0 atom stereocenters. The number of ether oxygens (including phenoxy) is 1. The van der Waals surface area contributed by atoms with Crippen LogP contribution in [0.2, 0.25) is 0 Å². The average molecular weight is 342 g/mol. The van der Waals surface area contributed by atoms with Crippen LogP contribution in [0, 0.1) is 0 Å². The molecule has 1 saturated carbocycles. The van der Waals surface area contributed by atoms with Crippen molar-refractivity contribution < 1.29 is 19.4 Å². The van der Waals surface area contributed by atoms with Crippen LogP contribution in [0.4, 0.5) is 0 Å². The SMILES string of the molecule is O=C(O)CC1(NC(=O)COc2cccc(Br)c2)CCC1. The lowest BCUT2D eigenvalue weighted by molar-refractivity contribution is -0.140. The monoisotopic (exact) mass is 341 g/mol. The Balaban J connectivity index is 1.84. The molecule has 2 rings (SSSR count). The lowest BCUT2D eigenvalue weighted by atomic mass is 9.74.